The maximum atomic E-state index is 12.3. The molecule has 1 rings (SSSR count). The molecule has 1 atom stereocenters. The summed E-state index contributed by atoms with van der Waals surface area (Å²) in [6, 6.07) is 9.60. The quantitative estimate of drug-likeness (QED) is 0.787. The van der Waals surface area contributed by atoms with Crippen LogP contribution in [0.5, 0.6) is 0 Å². The zero-order valence-corrected chi connectivity index (χ0v) is 12.7. The van der Waals surface area contributed by atoms with E-state index in [1.807, 2.05) is 23.1 Å². The molecule has 4 nitrogen and oxygen atoms in total. The van der Waals surface area contributed by atoms with Gasteiger partial charge in [0.25, 0.3) is 0 Å². The number of methoxy groups -OCH3 is 1. The Morgan fingerprint density at radius 2 is 1.95 bits per heavy atom. The number of nitrogens with two attached hydrogens (primary N) is 1. The first-order valence-electron chi connectivity index (χ1n) is 7.11. The fourth-order valence-electron chi connectivity index (χ4n) is 2.13. The van der Waals surface area contributed by atoms with E-state index in [2.05, 4.69) is 26.0 Å². The van der Waals surface area contributed by atoms with Crippen molar-refractivity contribution in [3.05, 3.63) is 35.9 Å². The maximum absolute atomic E-state index is 12.3. The Morgan fingerprint density at radius 1 is 1.30 bits per heavy atom. The zero-order valence-electron chi connectivity index (χ0n) is 12.7. The molecule has 4 heteroatoms. The summed E-state index contributed by atoms with van der Waals surface area (Å²) in [6.45, 7) is 5.88. The summed E-state index contributed by atoms with van der Waals surface area (Å²) < 4.78 is 4.97. The highest BCUT2D eigenvalue weighted by molar-refractivity contribution is 5.81. The Morgan fingerprint density at radius 3 is 2.50 bits per heavy atom. The van der Waals surface area contributed by atoms with Gasteiger partial charge in [-0.1, -0.05) is 44.2 Å². The van der Waals surface area contributed by atoms with Crippen molar-refractivity contribution in [2.45, 2.75) is 26.3 Å². The molecule has 0 aliphatic carbocycles. The molecule has 1 unspecified atom stereocenters. The van der Waals surface area contributed by atoms with Gasteiger partial charge >= 0.3 is 0 Å². The van der Waals surface area contributed by atoms with Gasteiger partial charge in [-0.3, -0.25) is 4.79 Å². The Hall–Kier alpha value is -1.39. The first-order chi connectivity index (χ1) is 9.54. The lowest BCUT2D eigenvalue weighted by molar-refractivity contribution is -0.134. The summed E-state index contributed by atoms with van der Waals surface area (Å²) in [7, 11) is 1.56. The third-order valence-corrected chi connectivity index (χ3v) is 3.07. The topological polar surface area (TPSA) is 55.6 Å². The van der Waals surface area contributed by atoms with Crippen molar-refractivity contribution in [1.29, 1.82) is 0 Å². The molecule has 0 bridgehead atoms. The Labute approximate surface area is 121 Å². The van der Waals surface area contributed by atoms with Crippen LogP contribution in [0, 0.1) is 5.92 Å². The fourth-order valence-corrected chi connectivity index (χ4v) is 2.13. The molecule has 1 aromatic rings. The van der Waals surface area contributed by atoms with E-state index in [-0.39, 0.29) is 12.5 Å². The lowest BCUT2D eigenvalue weighted by Crippen LogP contribution is -2.48. The third-order valence-electron chi connectivity index (χ3n) is 3.07. The minimum atomic E-state index is -0.575. The molecular formula is C16H26N2O2. The van der Waals surface area contributed by atoms with E-state index >= 15 is 0 Å². The van der Waals surface area contributed by atoms with Gasteiger partial charge in [-0.15, -0.1) is 0 Å². The van der Waals surface area contributed by atoms with Crippen molar-refractivity contribution in [3.63, 3.8) is 0 Å². The molecule has 1 aromatic carbocycles. The lowest BCUT2D eigenvalue weighted by atomic mass is 10.1. The molecule has 0 heterocycles. The highest BCUT2D eigenvalue weighted by Crippen LogP contribution is 2.06. The summed E-state index contributed by atoms with van der Waals surface area (Å²) >= 11 is 0. The van der Waals surface area contributed by atoms with Crippen molar-refractivity contribution < 1.29 is 9.53 Å². The van der Waals surface area contributed by atoms with Crippen molar-refractivity contribution in [3.8, 4) is 0 Å². The second kappa shape index (κ2) is 8.72. The summed E-state index contributed by atoms with van der Waals surface area (Å²) in [5.74, 6) is 0.390. The SMILES string of the molecule is COCC(N)C(=O)N(CCc1ccccc1)CC(C)C. The molecule has 0 saturated carbocycles. The Kier molecular flexibility index (Phi) is 7.26. The van der Waals surface area contributed by atoms with Crippen LogP contribution in [0.4, 0.5) is 0 Å². The predicted octanol–water partition coefficient (Wildman–Crippen LogP) is 1.69. The number of nitrogens with zero attached hydrogens (tertiary/aromatic N) is 1. The first-order valence-corrected chi connectivity index (χ1v) is 7.11. The molecule has 0 saturated heterocycles. The van der Waals surface area contributed by atoms with Crippen LogP contribution >= 0.6 is 0 Å². The largest absolute Gasteiger partial charge is 0.383 e. The third kappa shape index (κ3) is 5.72. The Bertz CT molecular complexity index is 393. The van der Waals surface area contributed by atoms with Crippen LogP contribution in [0.2, 0.25) is 0 Å². The second-order valence-electron chi connectivity index (χ2n) is 5.48. The zero-order chi connectivity index (χ0) is 15.0. The summed E-state index contributed by atoms with van der Waals surface area (Å²) in [4.78, 5) is 14.2. The van der Waals surface area contributed by atoms with Crippen LogP contribution in [0.25, 0.3) is 0 Å². The molecule has 0 aliphatic rings. The average Bonchev–Trinajstić information content (AvgIpc) is 2.43. The van der Waals surface area contributed by atoms with E-state index in [4.69, 9.17) is 10.5 Å². The summed E-state index contributed by atoms with van der Waals surface area (Å²) in [6.07, 6.45) is 0.846. The fraction of sp³-hybridized carbons (Fsp3) is 0.562. The molecule has 0 fully saturated rings. The Balaban J connectivity index is 2.62. The second-order valence-corrected chi connectivity index (χ2v) is 5.48. The standard InChI is InChI=1S/C16H26N2O2/c1-13(2)11-18(16(19)15(17)12-20-3)10-9-14-7-5-4-6-8-14/h4-8,13,15H,9-12,17H2,1-3H3. The van der Waals surface area contributed by atoms with Gasteiger partial charge in [-0.05, 0) is 17.9 Å². The highest BCUT2D eigenvalue weighted by atomic mass is 16.5. The molecule has 0 aliphatic heterocycles. The van der Waals surface area contributed by atoms with Gasteiger partial charge in [0, 0.05) is 20.2 Å². The van der Waals surface area contributed by atoms with E-state index in [0.717, 1.165) is 13.0 Å². The predicted molar refractivity (Wildman–Crippen MR) is 81.4 cm³/mol. The number of carbonyl (C=O) groups excluding carboxylic acids is 1. The number of benzene rings is 1. The van der Waals surface area contributed by atoms with E-state index in [1.54, 1.807) is 7.11 Å². The van der Waals surface area contributed by atoms with E-state index in [9.17, 15) is 4.79 Å². The smallest absolute Gasteiger partial charge is 0.241 e. The van der Waals surface area contributed by atoms with Gasteiger partial charge in [0.05, 0.1) is 6.61 Å². The van der Waals surface area contributed by atoms with Crippen LogP contribution in [0.15, 0.2) is 30.3 Å². The average molecular weight is 278 g/mol. The molecule has 20 heavy (non-hydrogen) atoms. The van der Waals surface area contributed by atoms with Crippen molar-refractivity contribution in [1.82, 2.24) is 4.90 Å². The van der Waals surface area contributed by atoms with Crippen LogP contribution in [-0.4, -0.2) is 43.7 Å². The van der Waals surface area contributed by atoms with Gasteiger partial charge in [-0.2, -0.15) is 0 Å². The first kappa shape index (κ1) is 16.7. The molecule has 1 amide bonds. The van der Waals surface area contributed by atoms with Gasteiger partial charge < -0.3 is 15.4 Å². The van der Waals surface area contributed by atoms with E-state index in [0.29, 0.717) is 12.5 Å². The normalized spacial score (nSPS) is 12.4. The number of hydrogen-bond acceptors (Lipinski definition) is 3. The number of rotatable bonds is 8. The van der Waals surface area contributed by atoms with E-state index < -0.39 is 6.04 Å². The van der Waals surface area contributed by atoms with Gasteiger partial charge in [-0.25, -0.2) is 0 Å². The lowest BCUT2D eigenvalue weighted by Gasteiger charge is -2.27. The van der Waals surface area contributed by atoms with Crippen molar-refractivity contribution in [2.75, 3.05) is 26.8 Å². The minimum Gasteiger partial charge on any atom is -0.383 e. The number of amides is 1. The minimum absolute atomic E-state index is 0.0310. The van der Waals surface area contributed by atoms with Crippen LogP contribution < -0.4 is 5.73 Å². The molecule has 112 valence electrons. The van der Waals surface area contributed by atoms with Gasteiger partial charge in [0.1, 0.15) is 6.04 Å². The molecule has 0 aromatic heterocycles. The number of hydrogen-bond donors (Lipinski definition) is 1. The summed E-state index contributed by atoms with van der Waals surface area (Å²) in [5.41, 5.74) is 7.09. The summed E-state index contributed by atoms with van der Waals surface area (Å²) in [5, 5.41) is 0. The highest BCUT2D eigenvalue weighted by Gasteiger charge is 2.21. The molecule has 0 spiro atoms. The number of ether oxygens (including phenoxy) is 1. The van der Waals surface area contributed by atoms with Gasteiger partial charge in [0.2, 0.25) is 5.91 Å². The van der Waals surface area contributed by atoms with Gasteiger partial charge in [0.15, 0.2) is 0 Å². The maximum Gasteiger partial charge on any atom is 0.241 e. The molecular weight excluding hydrogens is 252 g/mol. The molecule has 2 N–H and O–H groups in total. The van der Waals surface area contributed by atoms with Crippen molar-refractivity contribution in [2.24, 2.45) is 11.7 Å². The monoisotopic (exact) mass is 278 g/mol. The van der Waals surface area contributed by atoms with E-state index in [1.165, 1.54) is 5.56 Å². The van der Waals surface area contributed by atoms with Crippen LogP contribution in [0.1, 0.15) is 19.4 Å². The number of carbonyl (C=O) groups is 1. The van der Waals surface area contributed by atoms with Crippen LogP contribution in [0.3, 0.4) is 0 Å². The van der Waals surface area contributed by atoms with Crippen LogP contribution in [-0.2, 0) is 16.0 Å². The van der Waals surface area contributed by atoms with Crippen molar-refractivity contribution >= 4 is 5.91 Å². The molecule has 0 radical (unpaired) electrons.